The minimum atomic E-state index is -1.14. The van der Waals surface area contributed by atoms with Crippen LogP contribution in [0.5, 0.6) is 0 Å². The topological polar surface area (TPSA) is 78.4 Å². The van der Waals surface area contributed by atoms with E-state index in [0.717, 1.165) is 0 Å². The maximum absolute atomic E-state index is 11.4. The van der Waals surface area contributed by atoms with Crippen molar-refractivity contribution in [3.05, 3.63) is 29.3 Å². The van der Waals surface area contributed by atoms with E-state index in [1.807, 2.05) is 0 Å². The SMILES string of the molecule is O=C(Nc1cccc(Cl)c1)NC(CS)C(=O)O. The molecule has 0 aliphatic heterocycles. The van der Waals surface area contributed by atoms with Crippen molar-refractivity contribution in [2.24, 2.45) is 0 Å². The lowest BCUT2D eigenvalue weighted by atomic mass is 10.3. The van der Waals surface area contributed by atoms with Crippen molar-refractivity contribution in [1.29, 1.82) is 0 Å². The fourth-order valence-corrected chi connectivity index (χ4v) is 1.51. The van der Waals surface area contributed by atoms with Crippen LogP contribution in [0.4, 0.5) is 10.5 Å². The second-order valence-corrected chi connectivity index (χ2v) is 3.98. The average molecular weight is 275 g/mol. The minimum Gasteiger partial charge on any atom is -0.480 e. The molecule has 0 aliphatic carbocycles. The number of rotatable bonds is 4. The van der Waals surface area contributed by atoms with E-state index in [1.54, 1.807) is 24.3 Å². The van der Waals surface area contributed by atoms with Gasteiger partial charge in [0.05, 0.1) is 0 Å². The summed E-state index contributed by atoms with van der Waals surface area (Å²) in [5.41, 5.74) is 0.485. The Bertz CT molecular complexity index is 428. The lowest BCUT2D eigenvalue weighted by Gasteiger charge is -2.12. The number of aliphatic carboxylic acids is 1. The summed E-state index contributed by atoms with van der Waals surface area (Å²) in [7, 11) is 0. The molecule has 1 aromatic rings. The second kappa shape index (κ2) is 6.36. The van der Waals surface area contributed by atoms with Gasteiger partial charge in [0.2, 0.25) is 0 Å². The predicted molar refractivity (Wildman–Crippen MR) is 68.9 cm³/mol. The van der Waals surface area contributed by atoms with E-state index in [0.29, 0.717) is 10.7 Å². The van der Waals surface area contributed by atoms with E-state index in [9.17, 15) is 9.59 Å². The second-order valence-electron chi connectivity index (χ2n) is 3.18. The summed E-state index contributed by atoms with van der Waals surface area (Å²) in [6.07, 6.45) is 0. The molecule has 0 spiro atoms. The molecule has 7 heteroatoms. The molecule has 0 aliphatic rings. The lowest BCUT2D eigenvalue weighted by Crippen LogP contribution is -2.44. The number of nitrogens with one attached hydrogen (secondary N) is 2. The number of amides is 2. The fourth-order valence-electron chi connectivity index (χ4n) is 1.08. The Hall–Kier alpha value is -1.40. The van der Waals surface area contributed by atoms with Gasteiger partial charge in [0, 0.05) is 16.5 Å². The molecule has 0 fully saturated rings. The third-order valence-electron chi connectivity index (χ3n) is 1.87. The van der Waals surface area contributed by atoms with E-state index in [1.165, 1.54) is 0 Å². The number of hydrogen-bond acceptors (Lipinski definition) is 3. The van der Waals surface area contributed by atoms with Crippen LogP contribution >= 0.6 is 24.2 Å². The Balaban J connectivity index is 2.58. The maximum atomic E-state index is 11.4. The Kier molecular flexibility index (Phi) is 5.11. The number of carbonyl (C=O) groups excluding carboxylic acids is 1. The summed E-state index contributed by atoms with van der Waals surface area (Å²) >= 11 is 9.56. The Morgan fingerprint density at radius 3 is 2.71 bits per heavy atom. The summed E-state index contributed by atoms with van der Waals surface area (Å²) in [5, 5.41) is 13.9. The minimum absolute atomic E-state index is 0.0122. The van der Waals surface area contributed by atoms with Crippen molar-refractivity contribution < 1.29 is 14.7 Å². The molecule has 0 radical (unpaired) electrons. The van der Waals surface area contributed by atoms with Crippen LogP contribution in [-0.2, 0) is 4.79 Å². The molecule has 2 amide bonds. The molecular weight excluding hydrogens is 264 g/mol. The van der Waals surface area contributed by atoms with Gasteiger partial charge >= 0.3 is 12.0 Å². The van der Waals surface area contributed by atoms with Crippen LogP contribution in [0.25, 0.3) is 0 Å². The molecule has 5 nitrogen and oxygen atoms in total. The van der Waals surface area contributed by atoms with Crippen molar-refractivity contribution in [2.75, 3.05) is 11.1 Å². The average Bonchev–Trinajstić information content (AvgIpc) is 2.25. The zero-order valence-electron chi connectivity index (χ0n) is 8.68. The molecular formula is C10H11ClN2O3S. The molecule has 92 valence electrons. The predicted octanol–water partition coefficient (Wildman–Crippen LogP) is 1.84. The summed E-state index contributed by atoms with van der Waals surface area (Å²) in [4.78, 5) is 22.1. The molecule has 1 unspecified atom stereocenters. The van der Waals surface area contributed by atoms with Crippen molar-refractivity contribution in [3.8, 4) is 0 Å². The largest absolute Gasteiger partial charge is 0.480 e. The fraction of sp³-hybridized carbons (Fsp3) is 0.200. The summed E-state index contributed by atoms with van der Waals surface area (Å²) in [5.74, 6) is -1.13. The number of carboxylic acids is 1. The van der Waals surface area contributed by atoms with Crippen LogP contribution in [0.1, 0.15) is 0 Å². The number of benzene rings is 1. The van der Waals surface area contributed by atoms with E-state index in [-0.39, 0.29) is 5.75 Å². The van der Waals surface area contributed by atoms with Gasteiger partial charge in [0.1, 0.15) is 6.04 Å². The van der Waals surface area contributed by atoms with Gasteiger partial charge in [-0.3, -0.25) is 0 Å². The molecule has 0 aromatic heterocycles. The molecule has 1 rings (SSSR count). The van der Waals surface area contributed by atoms with E-state index in [2.05, 4.69) is 23.3 Å². The molecule has 0 heterocycles. The zero-order chi connectivity index (χ0) is 12.8. The molecule has 3 N–H and O–H groups in total. The maximum Gasteiger partial charge on any atom is 0.327 e. The van der Waals surface area contributed by atoms with Crippen LogP contribution in [0.2, 0.25) is 5.02 Å². The van der Waals surface area contributed by atoms with Gasteiger partial charge in [0.15, 0.2) is 0 Å². The standard InChI is InChI=1S/C10H11ClN2O3S/c11-6-2-1-3-7(4-6)12-10(16)13-8(5-17)9(14)15/h1-4,8,17H,5H2,(H,14,15)(H2,12,13,16). The molecule has 1 aromatic carbocycles. The van der Waals surface area contributed by atoms with Gasteiger partial charge in [-0.2, -0.15) is 12.6 Å². The van der Waals surface area contributed by atoms with E-state index >= 15 is 0 Å². The van der Waals surface area contributed by atoms with Crippen LogP contribution < -0.4 is 10.6 Å². The first-order valence-corrected chi connectivity index (χ1v) is 5.70. The third kappa shape index (κ3) is 4.54. The highest BCUT2D eigenvalue weighted by atomic mass is 35.5. The van der Waals surface area contributed by atoms with Gasteiger partial charge in [-0.1, -0.05) is 17.7 Å². The van der Waals surface area contributed by atoms with Crippen LogP contribution in [0.15, 0.2) is 24.3 Å². The van der Waals surface area contributed by atoms with Crippen LogP contribution in [0, 0.1) is 0 Å². The molecule has 0 saturated carbocycles. The normalized spacial score (nSPS) is 11.6. The van der Waals surface area contributed by atoms with E-state index < -0.39 is 18.0 Å². The summed E-state index contributed by atoms with van der Waals surface area (Å²) < 4.78 is 0. The first-order valence-electron chi connectivity index (χ1n) is 4.69. The quantitative estimate of drug-likeness (QED) is 0.633. The van der Waals surface area contributed by atoms with E-state index in [4.69, 9.17) is 16.7 Å². The van der Waals surface area contributed by atoms with Crippen molar-refractivity contribution in [3.63, 3.8) is 0 Å². The summed E-state index contributed by atoms with van der Waals surface area (Å²) in [6, 6.07) is 4.88. The van der Waals surface area contributed by atoms with Gasteiger partial charge in [-0.15, -0.1) is 0 Å². The molecule has 17 heavy (non-hydrogen) atoms. The van der Waals surface area contributed by atoms with Gasteiger partial charge in [-0.05, 0) is 18.2 Å². The van der Waals surface area contributed by atoms with Crippen LogP contribution in [-0.4, -0.2) is 28.9 Å². The highest BCUT2D eigenvalue weighted by molar-refractivity contribution is 7.80. The van der Waals surface area contributed by atoms with Crippen molar-refractivity contribution >= 4 is 41.9 Å². The van der Waals surface area contributed by atoms with Crippen molar-refractivity contribution in [1.82, 2.24) is 5.32 Å². The van der Waals surface area contributed by atoms with Crippen LogP contribution in [0.3, 0.4) is 0 Å². The molecule has 0 saturated heterocycles. The Morgan fingerprint density at radius 1 is 1.47 bits per heavy atom. The number of carbonyl (C=O) groups is 2. The number of thiol groups is 1. The van der Waals surface area contributed by atoms with Gasteiger partial charge in [0.25, 0.3) is 0 Å². The number of halogens is 1. The first-order chi connectivity index (χ1) is 8.02. The van der Waals surface area contributed by atoms with Crippen molar-refractivity contribution in [2.45, 2.75) is 6.04 Å². The number of anilines is 1. The Labute approximate surface area is 109 Å². The highest BCUT2D eigenvalue weighted by Gasteiger charge is 2.17. The van der Waals surface area contributed by atoms with Gasteiger partial charge in [-0.25, -0.2) is 9.59 Å². The lowest BCUT2D eigenvalue weighted by molar-refractivity contribution is -0.138. The highest BCUT2D eigenvalue weighted by Crippen LogP contribution is 2.14. The molecule has 0 bridgehead atoms. The number of carboxylic acid groups (broad SMARTS) is 1. The monoisotopic (exact) mass is 274 g/mol. The number of hydrogen-bond donors (Lipinski definition) is 4. The smallest absolute Gasteiger partial charge is 0.327 e. The first kappa shape index (κ1) is 13.7. The number of urea groups is 1. The third-order valence-corrected chi connectivity index (χ3v) is 2.47. The van der Waals surface area contributed by atoms with Gasteiger partial charge < -0.3 is 15.7 Å². The molecule has 1 atom stereocenters. The Morgan fingerprint density at radius 2 is 2.18 bits per heavy atom. The summed E-state index contributed by atoms with van der Waals surface area (Å²) in [6.45, 7) is 0. The zero-order valence-corrected chi connectivity index (χ0v) is 10.3.